The molecule has 2 fully saturated rings. The van der Waals surface area contributed by atoms with Gasteiger partial charge in [-0.3, -0.25) is 4.99 Å². The number of aliphatic imine (C=N–C) groups is 1. The van der Waals surface area contributed by atoms with E-state index in [0.717, 1.165) is 45.3 Å². The Labute approximate surface area is 204 Å². The minimum absolute atomic E-state index is 0. The van der Waals surface area contributed by atoms with Gasteiger partial charge >= 0.3 is 0 Å². The fourth-order valence-electron chi connectivity index (χ4n) is 4.45. The molecule has 1 saturated heterocycles. The highest BCUT2D eigenvalue weighted by molar-refractivity contribution is 14.0. The lowest BCUT2D eigenvalue weighted by Crippen LogP contribution is -2.46. The van der Waals surface area contributed by atoms with E-state index in [9.17, 15) is 8.42 Å². The van der Waals surface area contributed by atoms with Crippen LogP contribution in [0.3, 0.4) is 0 Å². The van der Waals surface area contributed by atoms with Crippen molar-refractivity contribution in [2.45, 2.75) is 56.5 Å². The van der Waals surface area contributed by atoms with Gasteiger partial charge in [0, 0.05) is 38.7 Å². The highest BCUT2D eigenvalue weighted by Gasteiger charge is 2.35. The third-order valence-electron chi connectivity index (χ3n) is 6.23. The van der Waals surface area contributed by atoms with Crippen molar-refractivity contribution < 1.29 is 13.2 Å². The van der Waals surface area contributed by atoms with Gasteiger partial charge in [0.1, 0.15) is 0 Å². The van der Waals surface area contributed by atoms with E-state index >= 15 is 0 Å². The standard InChI is InChI=1S/C22H36N4O3S.HI/c1-23-21(24-14-16-30(27,28)26-17-20-11-5-8-15-29-20)25-18-22(12-6-7-13-22)19-9-3-2-4-10-19;/h2-4,9-10,20,26H,5-8,11-18H2,1H3,(H2,23,24,25);1H. The highest BCUT2D eigenvalue weighted by Crippen LogP contribution is 2.40. The summed E-state index contributed by atoms with van der Waals surface area (Å²) < 4.78 is 32.8. The summed E-state index contributed by atoms with van der Waals surface area (Å²) in [7, 11) is -1.63. The predicted octanol–water partition coefficient (Wildman–Crippen LogP) is 2.77. The van der Waals surface area contributed by atoms with Crippen LogP contribution in [-0.4, -0.2) is 59.5 Å². The number of hydrogen-bond acceptors (Lipinski definition) is 4. The number of sulfonamides is 1. The topological polar surface area (TPSA) is 91.8 Å². The molecule has 7 nitrogen and oxygen atoms in total. The van der Waals surface area contributed by atoms with Crippen LogP contribution in [-0.2, 0) is 20.2 Å². The fourth-order valence-corrected chi connectivity index (χ4v) is 5.40. The van der Waals surface area contributed by atoms with Gasteiger partial charge < -0.3 is 15.4 Å². The van der Waals surface area contributed by atoms with Crippen LogP contribution >= 0.6 is 24.0 Å². The largest absolute Gasteiger partial charge is 0.377 e. The van der Waals surface area contributed by atoms with E-state index in [0.29, 0.717) is 19.0 Å². The van der Waals surface area contributed by atoms with Crippen LogP contribution in [0.15, 0.2) is 35.3 Å². The second-order valence-electron chi connectivity index (χ2n) is 8.36. The Morgan fingerprint density at radius 3 is 2.52 bits per heavy atom. The molecule has 1 aromatic rings. The lowest BCUT2D eigenvalue weighted by Gasteiger charge is -2.30. The molecule has 9 heteroatoms. The number of halogens is 1. The lowest BCUT2D eigenvalue weighted by atomic mass is 9.79. The minimum atomic E-state index is -3.35. The van der Waals surface area contributed by atoms with Gasteiger partial charge in [-0.2, -0.15) is 0 Å². The van der Waals surface area contributed by atoms with Gasteiger partial charge in [0.2, 0.25) is 10.0 Å². The second-order valence-corrected chi connectivity index (χ2v) is 10.3. The molecule has 3 rings (SSSR count). The molecule has 2 aliphatic rings. The molecule has 1 heterocycles. The third kappa shape index (κ3) is 8.18. The van der Waals surface area contributed by atoms with Gasteiger partial charge in [-0.1, -0.05) is 43.2 Å². The van der Waals surface area contributed by atoms with Gasteiger partial charge in [0.15, 0.2) is 5.96 Å². The van der Waals surface area contributed by atoms with Crippen molar-refractivity contribution in [1.29, 1.82) is 0 Å². The van der Waals surface area contributed by atoms with Crippen molar-refractivity contribution >= 4 is 40.0 Å². The maximum Gasteiger partial charge on any atom is 0.213 e. The number of nitrogens with one attached hydrogen (secondary N) is 3. The Hall–Kier alpha value is -0.910. The summed E-state index contributed by atoms with van der Waals surface area (Å²) in [5.74, 6) is 0.646. The number of ether oxygens (including phenoxy) is 1. The molecule has 0 spiro atoms. The zero-order valence-corrected chi connectivity index (χ0v) is 21.6. The van der Waals surface area contributed by atoms with Gasteiger partial charge in [-0.25, -0.2) is 13.1 Å². The normalized spacial score (nSPS) is 21.3. The summed E-state index contributed by atoms with van der Waals surface area (Å²) in [4.78, 5) is 4.27. The Morgan fingerprint density at radius 2 is 1.87 bits per heavy atom. The van der Waals surface area contributed by atoms with E-state index in [-0.39, 0.29) is 41.2 Å². The van der Waals surface area contributed by atoms with E-state index < -0.39 is 10.0 Å². The van der Waals surface area contributed by atoms with Crippen molar-refractivity contribution in [1.82, 2.24) is 15.4 Å². The van der Waals surface area contributed by atoms with Gasteiger partial charge in [0.05, 0.1) is 11.9 Å². The summed E-state index contributed by atoms with van der Waals surface area (Å²) in [6.07, 6.45) is 7.85. The molecule has 1 unspecified atom stereocenters. The van der Waals surface area contributed by atoms with Gasteiger partial charge in [0.25, 0.3) is 0 Å². The van der Waals surface area contributed by atoms with Crippen LogP contribution in [0.2, 0.25) is 0 Å². The molecule has 0 bridgehead atoms. The summed E-state index contributed by atoms with van der Waals surface area (Å²) in [6.45, 7) is 2.18. The molecule has 3 N–H and O–H groups in total. The first kappa shape index (κ1) is 26.3. The molecule has 1 aliphatic carbocycles. The Balaban J connectivity index is 0.00000341. The molecule has 1 aliphatic heterocycles. The van der Waals surface area contributed by atoms with Crippen molar-refractivity contribution in [2.75, 3.05) is 39.0 Å². The quantitative estimate of drug-likeness (QED) is 0.244. The van der Waals surface area contributed by atoms with Crippen LogP contribution in [0.1, 0.15) is 50.5 Å². The summed E-state index contributed by atoms with van der Waals surface area (Å²) in [5, 5.41) is 6.57. The van der Waals surface area contributed by atoms with Crippen molar-refractivity contribution in [3.8, 4) is 0 Å². The van der Waals surface area contributed by atoms with Gasteiger partial charge in [-0.05, 0) is 37.7 Å². The first-order valence-corrected chi connectivity index (χ1v) is 12.8. The molecule has 0 aromatic heterocycles. The second kappa shape index (κ2) is 13.0. The number of benzene rings is 1. The van der Waals surface area contributed by atoms with Crippen molar-refractivity contribution in [3.05, 3.63) is 35.9 Å². The lowest BCUT2D eigenvalue weighted by molar-refractivity contribution is 0.0200. The zero-order valence-electron chi connectivity index (χ0n) is 18.4. The molecule has 1 saturated carbocycles. The first-order valence-electron chi connectivity index (χ1n) is 11.1. The van der Waals surface area contributed by atoms with E-state index in [1.54, 1.807) is 7.05 Å². The van der Waals surface area contributed by atoms with Crippen molar-refractivity contribution in [3.63, 3.8) is 0 Å². The monoisotopic (exact) mass is 564 g/mol. The van der Waals surface area contributed by atoms with E-state index in [1.165, 1.54) is 18.4 Å². The average Bonchev–Trinajstić information content (AvgIpc) is 3.26. The summed E-state index contributed by atoms with van der Waals surface area (Å²) >= 11 is 0. The molecular formula is C22H37IN4O3S. The van der Waals surface area contributed by atoms with Gasteiger partial charge in [-0.15, -0.1) is 24.0 Å². The Bertz CT molecular complexity index is 777. The third-order valence-corrected chi connectivity index (χ3v) is 7.58. The minimum Gasteiger partial charge on any atom is -0.377 e. The number of rotatable bonds is 9. The molecule has 31 heavy (non-hydrogen) atoms. The summed E-state index contributed by atoms with van der Waals surface area (Å²) in [6, 6.07) is 10.7. The molecular weight excluding hydrogens is 527 g/mol. The summed E-state index contributed by atoms with van der Waals surface area (Å²) in [5.41, 5.74) is 1.48. The molecule has 1 aromatic carbocycles. The molecule has 1 atom stereocenters. The molecule has 0 radical (unpaired) electrons. The van der Waals surface area contributed by atoms with Crippen LogP contribution in [0, 0.1) is 0 Å². The maximum atomic E-state index is 12.3. The number of nitrogens with zero attached hydrogens (tertiary/aromatic N) is 1. The van der Waals surface area contributed by atoms with Crippen LogP contribution in [0.5, 0.6) is 0 Å². The average molecular weight is 565 g/mol. The zero-order chi connectivity index (χ0) is 21.3. The van der Waals surface area contributed by atoms with Crippen LogP contribution in [0.4, 0.5) is 0 Å². The molecule has 0 amide bonds. The number of hydrogen-bond donors (Lipinski definition) is 3. The maximum absolute atomic E-state index is 12.3. The Morgan fingerprint density at radius 1 is 1.13 bits per heavy atom. The van der Waals surface area contributed by atoms with E-state index in [2.05, 4.69) is 50.7 Å². The van der Waals surface area contributed by atoms with E-state index in [1.807, 2.05) is 0 Å². The predicted molar refractivity (Wildman–Crippen MR) is 137 cm³/mol. The SMILES string of the molecule is CN=C(NCCS(=O)(=O)NCC1CCCCO1)NCC1(c2ccccc2)CCCC1.I. The number of guanidine groups is 1. The highest BCUT2D eigenvalue weighted by atomic mass is 127. The van der Waals surface area contributed by atoms with Crippen molar-refractivity contribution in [2.24, 2.45) is 4.99 Å². The fraction of sp³-hybridized carbons (Fsp3) is 0.682. The smallest absolute Gasteiger partial charge is 0.213 e. The molecule has 176 valence electrons. The van der Waals surface area contributed by atoms with Crippen LogP contribution < -0.4 is 15.4 Å². The Kier molecular flexibility index (Phi) is 11.0. The van der Waals surface area contributed by atoms with Crippen LogP contribution in [0.25, 0.3) is 0 Å². The first-order chi connectivity index (χ1) is 14.5. The van der Waals surface area contributed by atoms with E-state index in [4.69, 9.17) is 4.74 Å².